The molecule has 6 nitrogen and oxygen atoms in total. The molecule has 1 atom stereocenters. The second-order valence-electron chi connectivity index (χ2n) is 3.97. The standard InChI is InChI=1S/C12H17N5OS/c1-8(12-14-4-5-19-12)15-10-6-9(13-2)16-11(17-10)7-18-3/h4-6,8H,7H2,1-3H3,(H2,13,15,16,17). The van der Waals surface area contributed by atoms with Crippen molar-refractivity contribution in [3.8, 4) is 0 Å². The van der Waals surface area contributed by atoms with Crippen LogP contribution < -0.4 is 10.6 Å². The minimum Gasteiger partial charge on any atom is -0.377 e. The van der Waals surface area contributed by atoms with E-state index in [4.69, 9.17) is 4.74 Å². The number of anilines is 2. The van der Waals surface area contributed by atoms with Gasteiger partial charge in [-0.2, -0.15) is 0 Å². The van der Waals surface area contributed by atoms with E-state index >= 15 is 0 Å². The highest BCUT2D eigenvalue weighted by Crippen LogP contribution is 2.21. The van der Waals surface area contributed by atoms with Crippen molar-refractivity contribution in [2.75, 3.05) is 24.8 Å². The topological polar surface area (TPSA) is 72.0 Å². The normalized spacial score (nSPS) is 12.2. The molecule has 1 unspecified atom stereocenters. The third kappa shape index (κ3) is 3.62. The van der Waals surface area contributed by atoms with Gasteiger partial charge in [0.15, 0.2) is 5.82 Å². The number of aromatic nitrogens is 3. The summed E-state index contributed by atoms with van der Waals surface area (Å²) < 4.78 is 5.07. The van der Waals surface area contributed by atoms with E-state index in [2.05, 4.69) is 32.5 Å². The number of hydrogen-bond acceptors (Lipinski definition) is 7. The Morgan fingerprint density at radius 2 is 2.16 bits per heavy atom. The molecule has 2 heterocycles. The van der Waals surface area contributed by atoms with Crippen molar-refractivity contribution in [1.29, 1.82) is 0 Å². The van der Waals surface area contributed by atoms with Crippen LogP contribution in [0.1, 0.15) is 23.8 Å². The van der Waals surface area contributed by atoms with Crippen LogP contribution in [0, 0.1) is 0 Å². The van der Waals surface area contributed by atoms with Crippen molar-refractivity contribution in [3.63, 3.8) is 0 Å². The average Bonchev–Trinajstić information content (AvgIpc) is 2.92. The highest BCUT2D eigenvalue weighted by molar-refractivity contribution is 7.09. The molecule has 19 heavy (non-hydrogen) atoms. The van der Waals surface area contributed by atoms with Gasteiger partial charge in [-0.3, -0.25) is 0 Å². The fourth-order valence-corrected chi connectivity index (χ4v) is 2.27. The number of nitrogens with zero attached hydrogens (tertiary/aromatic N) is 3. The molecule has 0 amide bonds. The van der Waals surface area contributed by atoms with Gasteiger partial charge >= 0.3 is 0 Å². The molecule has 0 bridgehead atoms. The van der Waals surface area contributed by atoms with E-state index in [1.165, 1.54) is 0 Å². The lowest BCUT2D eigenvalue weighted by molar-refractivity contribution is 0.178. The fourth-order valence-electron chi connectivity index (χ4n) is 1.62. The van der Waals surface area contributed by atoms with Gasteiger partial charge in [-0.15, -0.1) is 11.3 Å². The molecule has 0 radical (unpaired) electrons. The molecule has 0 aliphatic rings. The first-order valence-corrected chi connectivity index (χ1v) is 6.81. The van der Waals surface area contributed by atoms with Gasteiger partial charge in [0.2, 0.25) is 0 Å². The van der Waals surface area contributed by atoms with Crippen molar-refractivity contribution < 1.29 is 4.74 Å². The van der Waals surface area contributed by atoms with Crippen LogP contribution in [-0.4, -0.2) is 29.1 Å². The minimum absolute atomic E-state index is 0.106. The average molecular weight is 279 g/mol. The Bertz CT molecular complexity index is 517. The number of hydrogen-bond donors (Lipinski definition) is 2. The van der Waals surface area contributed by atoms with Gasteiger partial charge in [0, 0.05) is 31.8 Å². The summed E-state index contributed by atoms with van der Waals surface area (Å²) in [6, 6.07) is 1.97. The second kappa shape index (κ2) is 6.44. The van der Waals surface area contributed by atoms with Crippen LogP contribution in [0.15, 0.2) is 17.6 Å². The molecule has 0 aliphatic heterocycles. The molecule has 0 fully saturated rings. The van der Waals surface area contributed by atoms with Gasteiger partial charge in [-0.05, 0) is 6.92 Å². The van der Waals surface area contributed by atoms with Gasteiger partial charge in [-0.25, -0.2) is 15.0 Å². The molecule has 2 rings (SSSR count). The quantitative estimate of drug-likeness (QED) is 0.845. The maximum atomic E-state index is 5.07. The van der Waals surface area contributed by atoms with Crippen LogP contribution in [0.25, 0.3) is 0 Å². The zero-order valence-corrected chi connectivity index (χ0v) is 12.0. The summed E-state index contributed by atoms with van der Waals surface area (Å²) in [4.78, 5) is 13.0. The predicted octanol–water partition coefficient (Wildman–Crippen LogP) is 2.29. The zero-order valence-electron chi connectivity index (χ0n) is 11.2. The van der Waals surface area contributed by atoms with Crippen molar-refractivity contribution in [3.05, 3.63) is 28.5 Å². The minimum atomic E-state index is 0.106. The number of rotatable bonds is 6. The van der Waals surface area contributed by atoms with Crippen LogP contribution >= 0.6 is 11.3 Å². The molecule has 0 spiro atoms. The third-order valence-electron chi connectivity index (χ3n) is 2.49. The Hall–Kier alpha value is -1.73. The Morgan fingerprint density at radius 1 is 1.37 bits per heavy atom. The monoisotopic (exact) mass is 279 g/mol. The van der Waals surface area contributed by atoms with E-state index < -0.39 is 0 Å². The van der Waals surface area contributed by atoms with Crippen LogP contribution in [0.2, 0.25) is 0 Å². The summed E-state index contributed by atoms with van der Waals surface area (Å²) in [5.74, 6) is 2.16. The van der Waals surface area contributed by atoms with Crippen molar-refractivity contribution in [2.45, 2.75) is 19.6 Å². The van der Waals surface area contributed by atoms with Gasteiger partial charge < -0.3 is 15.4 Å². The Kier molecular flexibility index (Phi) is 4.64. The van der Waals surface area contributed by atoms with Crippen LogP contribution in [0.3, 0.4) is 0 Å². The van der Waals surface area contributed by atoms with Crippen LogP contribution in [0.4, 0.5) is 11.6 Å². The Morgan fingerprint density at radius 3 is 2.79 bits per heavy atom. The molecule has 2 aromatic rings. The SMILES string of the molecule is CNc1cc(NC(C)c2nccs2)nc(COC)n1. The van der Waals surface area contributed by atoms with Gasteiger partial charge in [-0.1, -0.05) is 0 Å². The molecular weight excluding hydrogens is 262 g/mol. The number of methoxy groups -OCH3 is 1. The smallest absolute Gasteiger partial charge is 0.158 e. The first-order valence-electron chi connectivity index (χ1n) is 5.93. The summed E-state index contributed by atoms with van der Waals surface area (Å²) in [5.41, 5.74) is 0. The second-order valence-corrected chi connectivity index (χ2v) is 4.90. The predicted molar refractivity (Wildman–Crippen MR) is 76.4 cm³/mol. The molecule has 0 saturated heterocycles. The van der Waals surface area contributed by atoms with Crippen LogP contribution in [0.5, 0.6) is 0 Å². The highest BCUT2D eigenvalue weighted by atomic mass is 32.1. The lowest BCUT2D eigenvalue weighted by Gasteiger charge is -2.13. The largest absolute Gasteiger partial charge is 0.377 e. The molecule has 0 aromatic carbocycles. The number of nitrogens with one attached hydrogen (secondary N) is 2. The molecular formula is C12H17N5OS. The molecule has 0 saturated carbocycles. The number of thiazole rings is 1. The highest BCUT2D eigenvalue weighted by Gasteiger charge is 2.10. The summed E-state index contributed by atoms with van der Waals surface area (Å²) in [7, 11) is 3.45. The van der Waals surface area contributed by atoms with E-state index in [1.807, 2.05) is 18.5 Å². The van der Waals surface area contributed by atoms with E-state index in [9.17, 15) is 0 Å². The fraction of sp³-hybridized carbons (Fsp3) is 0.417. The maximum absolute atomic E-state index is 5.07. The van der Waals surface area contributed by atoms with E-state index in [-0.39, 0.29) is 6.04 Å². The zero-order chi connectivity index (χ0) is 13.7. The van der Waals surface area contributed by atoms with Gasteiger partial charge in [0.05, 0.1) is 6.04 Å². The first-order chi connectivity index (χ1) is 9.22. The van der Waals surface area contributed by atoms with E-state index in [0.29, 0.717) is 12.4 Å². The molecule has 2 N–H and O–H groups in total. The lowest BCUT2D eigenvalue weighted by atomic mass is 10.3. The molecule has 102 valence electrons. The summed E-state index contributed by atoms with van der Waals surface area (Å²) >= 11 is 1.62. The van der Waals surface area contributed by atoms with Crippen molar-refractivity contribution in [1.82, 2.24) is 15.0 Å². The van der Waals surface area contributed by atoms with Gasteiger partial charge in [0.25, 0.3) is 0 Å². The Balaban J connectivity index is 2.16. The van der Waals surface area contributed by atoms with E-state index in [1.54, 1.807) is 24.6 Å². The van der Waals surface area contributed by atoms with Gasteiger partial charge in [0.1, 0.15) is 23.3 Å². The third-order valence-corrected chi connectivity index (χ3v) is 3.45. The lowest BCUT2D eigenvalue weighted by Crippen LogP contribution is -2.10. The van der Waals surface area contributed by atoms with E-state index in [0.717, 1.165) is 16.6 Å². The number of ether oxygens (including phenoxy) is 1. The van der Waals surface area contributed by atoms with Crippen molar-refractivity contribution >= 4 is 23.0 Å². The molecule has 2 aromatic heterocycles. The summed E-state index contributed by atoms with van der Waals surface area (Å²) in [6.07, 6.45) is 1.80. The molecule has 7 heteroatoms. The summed E-state index contributed by atoms with van der Waals surface area (Å²) in [6.45, 7) is 2.44. The van der Waals surface area contributed by atoms with Crippen LogP contribution in [-0.2, 0) is 11.3 Å². The molecule has 0 aliphatic carbocycles. The maximum Gasteiger partial charge on any atom is 0.158 e. The van der Waals surface area contributed by atoms with Crippen molar-refractivity contribution in [2.24, 2.45) is 0 Å². The first kappa shape index (κ1) is 13.7. The summed E-state index contributed by atoms with van der Waals surface area (Å²) in [5, 5.41) is 9.32. The Labute approximate surface area is 116 Å².